The fraction of sp³-hybridized carbons (Fsp3) is 0.286. The van der Waals surface area contributed by atoms with Gasteiger partial charge in [-0.25, -0.2) is 0 Å². The standard InChI is InChI=1S/C14H13ClN2O/c1-8(2)18-13-5-12-11(4-9(13)3)14(15)10(6-16)7-17-12/h4-5,7-8H,1-3H3. The number of nitrogens with zero attached hydrogens (tertiary/aromatic N) is 2. The normalized spacial score (nSPS) is 10.7. The van der Waals surface area contributed by atoms with E-state index in [0.29, 0.717) is 10.6 Å². The minimum absolute atomic E-state index is 0.106. The molecule has 3 nitrogen and oxygen atoms in total. The fourth-order valence-corrected chi connectivity index (χ4v) is 2.00. The molecule has 0 unspecified atom stereocenters. The van der Waals surface area contributed by atoms with E-state index in [2.05, 4.69) is 4.98 Å². The summed E-state index contributed by atoms with van der Waals surface area (Å²) in [4.78, 5) is 4.23. The van der Waals surface area contributed by atoms with E-state index in [-0.39, 0.29) is 6.10 Å². The highest BCUT2D eigenvalue weighted by atomic mass is 35.5. The number of benzene rings is 1. The zero-order valence-corrected chi connectivity index (χ0v) is 11.2. The number of pyridine rings is 1. The Balaban J connectivity index is 2.65. The van der Waals surface area contributed by atoms with E-state index in [1.165, 1.54) is 6.20 Å². The molecule has 0 radical (unpaired) electrons. The van der Waals surface area contributed by atoms with E-state index in [1.807, 2.05) is 39.0 Å². The molecule has 0 atom stereocenters. The summed E-state index contributed by atoms with van der Waals surface area (Å²) in [5, 5.41) is 10.1. The first kappa shape index (κ1) is 12.7. The monoisotopic (exact) mass is 260 g/mol. The summed E-state index contributed by atoms with van der Waals surface area (Å²) in [7, 11) is 0. The van der Waals surface area contributed by atoms with Crippen LogP contribution in [0.4, 0.5) is 0 Å². The molecule has 1 aromatic carbocycles. The van der Waals surface area contributed by atoms with Crippen molar-refractivity contribution in [2.24, 2.45) is 0 Å². The Kier molecular flexibility index (Phi) is 3.40. The predicted molar refractivity (Wildman–Crippen MR) is 72.0 cm³/mol. The molecule has 1 aromatic heterocycles. The number of aromatic nitrogens is 1. The smallest absolute Gasteiger partial charge is 0.124 e. The van der Waals surface area contributed by atoms with Crippen LogP contribution in [0.5, 0.6) is 5.75 Å². The predicted octanol–water partition coefficient (Wildman–Crippen LogP) is 3.86. The van der Waals surface area contributed by atoms with Crippen molar-refractivity contribution in [3.05, 3.63) is 34.5 Å². The van der Waals surface area contributed by atoms with Crippen LogP contribution in [0.2, 0.25) is 5.02 Å². The van der Waals surface area contributed by atoms with Gasteiger partial charge in [-0.2, -0.15) is 5.26 Å². The maximum absolute atomic E-state index is 8.92. The molecule has 1 heterocycles. The molecule has 2 rings (SSSR count). The Labute approximate surface area is 111 Å². The first-order valence-electron chi connectivity index (χ1n) is 5.68. The number of halogens is 1. The van der Waals surface area contributed by atoms with Crippen LogP contribution in [0.3, 0.4) is 0 Å². The number of hydrogen-bond donors (Lipinski definition) is 0. The molecule has 4 heteroatoms. The summed E-state index contributed by atoms with van der Waals surface area (Å²) in [5.41, 5.74) is 2.11. The van der Waals surface area contributed by atoms with Crippen LogP contribution in [-0.4, -0.2) is 11.1 Å². The molecule has 92 valence electrons. The Morgan fingerprint density at radius 3 is 2.72 bits per heavy atom. The number of rotatable bonds is 2. The van der Waals surface area contributed by atoms with Crippen molar-refractivity contribution in [1.29, 1.82) is 5.26 Å². The van der Waals surface area contributed by atoms with Gasteiger partial charge in [-0.3, -0.25) is 4.98 Å². The number of aryl methyl sites for hydroxylation is 1. The number of nitriles is 1. The van der Waals surface area contributed by atoms with Crippen LogP contribution in [0.15, 0.2) is 18.3 Å². The highest BCUT2D eigenvalue weighted by molar-refractivity contribution is 6.36. The second-order valence-electron chi connectivity index (χ2n) is 4.40. The molecule has 0 fully saturated rings. The van der Waals surface area contributed by atoms with Gasteiger partial charge in [0.1, 0.15) is 11.8 Å². The fourth-order valence-electron chi connectivity index (χ4n) is 1.75. The summed E-state index contributed by atoms with van der Waals surface area (Å²) >= 11 is 6.17. The lowest BCUT2D eigenvalue weighted by molar-refractivity contribution is 0.241. The van der Waals surface area contributed by atoms with Gasteiger partial charge in [-0.1, -0.05) is 11.6 Å². The van der Waals surface area contributed by atoms with Gasteiger partial charge in [0.2, 0.25) is 0 Å². The topological polar surface area (TPSA) is 45.9 Å². The van der Waals surface area contributed by atoms with Crippen LogP contribution >= 0.6 is 11.6 Å². The summed E-state index contributed by atoms with van der Waals surface area (Å²) in [6.45, 7) is 5.90. The van der Waals surface area contributed by atoms with Gasteiger partial charge in [0, 0.05) is 17.6 Å². The highest BCUT2D eigenvalue weighted by Crippen LogP contribution is 2.31. The van der Waals surface area contributed by atoms with Gasteiger partial charge in [-0.15, -0.1) is 0 Å². The minimum Gasteiger partial charge on any atom is -0.491 e. The van der Waals surface area contributed by atoms with E-state index < -0.39 is 0 Å². The Bertz CT molecular complexity index is 644. The van der Waals surface area contributed by atoms with Crippen molar-refractivity contribution in [3.63, 3.8) is 0 Å². The second kappa shape index (κ2) is 4.83. The Morgan fingerprint density at radius 1 is 1.39 bits per heavy atom. The molecule has 0 N–H and O–H groups in total. The Morgan fingerprint density at radius 2 is 2.11 bits per heavy atom. The quantitative estimate of drug-likeness (QED) is 0.824. The summed E-state index contributed by atoms with van der Waals surface area (Å²) in [6.07, 6.45) is 1.59. The van der Waals surface area contributed by atoms with Crippen molar-refractivity contribution in [2.75, 3.05) is 0 Å². The molecule has 0 aliphatic heterocycles. The molecule has 2 aromatic rings. The van der Waals surface area contributed by atoms with Crippen molar-refractivity contribution >= 4 is 22.5 Å². The molecular weight excluding hydrogens is 248 g/mol. The number of hydrogen-bond acceptors (Lipinski definition) is 3. The maximum Gasteiger partial charge on any atom is 0.124 e. The van der Waals surface area contributed by atoms with Crippen LogP contribution in [-0.2, 0) is 0 Å². The average Bonchev–Trinajstić information content (AvgIpc) is 2.31. The van der Waals surface area contributed by atoms with Gasteiger partial charge in [-0.05, 0) is 32.4 Å². The first-order valence-corrected chi connectivity index (χ1v) is 6.06. The third-order valence-electron chi connectivity index (χ3n) is 2.58. The third-order valence-corrected chi connectivity index (χ3v) is 2.99. The minimum atomic E-state index is 0.106. The van der Waals surface area contributed by atoms with Gasteiger partial charge in [0.15, 0.2) is 0 Å². The zero-order chi connectivity index (χ0) is 13.3. The molecular formula is C14H13ClN2O. The maximum atomic E-state index is 8.92. The van der Waals surface area contributed by atoms with Crippen LogP contribution in [0.1, 0.15) is 25.0 Å². The Hall–Kier alpha value is -1.79. The van der Waals surface area contributed by atoms with Crippen molar-refractivity contribution in [1.82, 2.24) is 4.98 Å². The lowest BCUT2D eigenvalue weighted by Crippen LogP contribution is -2.06. The average molecular weight is 261 g/mol. The van der Waals surface area contributed by atoms with E-state index in [0.717, 1.165) is 22.2 Å². The van der Waals surface area contributed by atoms with E-state index in [4.69, 9.17) is 21.6 Å². The van der Waals surface area contributed by atoms with Crippen molar-refractivity contribution < 1.29 is 4.74 Å². The van der Waals surface area contributed by atoms with Crippen molar-refractivity contribution in [2.45, 2.75) is 26.9 Å². The second-order valence-corrected chi connectivity index (χ2v) is 4.78. The van der Waals surface area contributed by atoms with E-state index >= 15 is 0 Å². The van der Waals surface area contributed by atoms with E-state index in [9.17, 15) is 0 Å². The third kappa shape index (κ3) is 2.25. The highest BCUT2D eigenvalue weighted by Gasteiger charge is 2.10. The molecule has 0 saturated carbocycles. The summed E-state index contributed by atoms with van der Waals surface area (Å²) < 4.78 is 5.70. The number of ether oxygens (including phenoxy) is 1. The van der Waals surface area contributed by atoms with Crippen LogP contribution in [0, 0.1) is 18.3 Å². The number of fused-ring (bicyclic) bond motifs is 1. The molecule has 0 amide bonds. The SMILES string of the molecule is Cc1cc2c(Cl)c(C#N)cnc2cc1OC(C)C. The molecule has 0 saturated heterocycles. The largest absolute Gasteiger partial charge is 0.491 e. The lowest BCUT2D eigenvalue weighted by Gasteiger charge is -2.13. The molecule has 0 bridgehead atoms. The van der Waals surface area contributed by atoms with Crippen LogP contribution < -0.4 is 4.74 Å². The van der Waals surface area contributed by atoms with Gasteiger partial charge >= 0.3 is 0 Å². The summed E-state index contributed by atoms with van der Waals surface area (Å²) in [6, 6.07) is 5.79. The first-order chi connectivity index (χ1) is 8.52. The van der Waals surface area contributed by atoms with Gasteiger partial charge < -0.3 is 4.74 Å². The molecule has 18 heavy (non-hydrogen) atoms. The van der Waals surface area contributed by atoms with E-state index in [1.54, 1.807) is 0 Å². The van der Waals surface area contributed by atoms with Gasteiger partial charge in [0.05, 0.1) is 22.2 Å². The lowest BCUT2D eigenvalue weighted by atomic mass is 10.1. The molecule has 0 spiro atoms. The van der Waals surface area contributed by atoms with Crippen molar-refractivity contribution in [3.8, 4) is 11.8 Å². The molecule has 0 aliphatic carbocycles. The summed E-state index contributed by atoms with van der Waals surface area (Å²) in [5.74, 6) is 0.797. The zero-order valence-electron chi connectivity index (χ0n) is 10.5. The van der Waals surface area contributed by atoms with Gasteiger partial charge in [0.25, 0.3) is 0 Å². The van der Waals surface area contributed by atoms with Crippen LogP contribution in [0.25, 0.3) is 10.9 Å². The molecule has 0 aliphatic rings.